The van der Waals surface area contributed by atoms with Gasteiger partial charge in [0, 0.05) is 24.1 Å². The average Bonchev–Trinajstić information content (AvgIpc) is 3.36. The van der Waals surface area contributed by atoms with E-state index in [1.54, 1.807) is 11.3 Å². The Morgan fingerprint density at radius 1 is 1.31 bits per heavy atom. The third-order valence-corrected chi connectivity index (χ3v) is 6.69. The number of ether oxygens (including phenoxy) is 1. The van der Waals surface area contributed by atoms with Crippen molar-refractivity contribution in [2.24, 2.45) is 0 Å². The van der Waals surface area contributed by atoms with Crippen LogP contribution in [0.25, 0.3) is 11.3 Å². The van der Waals surface area contributed by atoms with Crippen molar-refractivity contribution in [2.45, 2.75) is 38.0 Å². The van der Waals surface area contributed by atoms with Crippen LogP contribution in [0.5, 0.6) is 0 Å². The normalized spacial score (nSPS) is 20.5. The number of carbonyl (C=O) groups excluding carboxylic acids is 1. The number of hydrogen-bond donors (Lipinski definition) is 3. The molecule has 2 aliphatic heterocycles. The molecule has 32 heavy (non-hydrogen) atoms. The first-order valence-corrected chi connectivity index (χ1v) is 11.9. The van der Waals surface area contributed by atoms with Gasteiger partial charge in [0.15, 0.2) is 0 Å². The second-order valence-corrected chi connectivity index (χ2v) is 9.00. The fourth-order valence-electron chi connectivity index (χ4n) is 4.33. The van der Waals surface area contributed by atoms with Crippen LogP contribution in [0.4, 0.5) is 0 Å². The summed E-state index contributed by atoms with van der Waals surface area (Å²) in [5.74, 6) is -0.246. The summed E-state index contributed by atoms with van der Waals surface area (Å²) in [6, 6.07) is 10.1. The van der Waals surface area contributed by atoms with Gasteiger partial charge in [0.25, 0.3) is 5.91 Å². The van der Waals surface area contributed by atoms with Crippen LogP contribution in [0.3, 0.4) is 0 Å². The minimum Gasteiger partial charge on any atom is -0.389 e. The van der Waals surface area contributed by atoms with E-state index in [9.17, 15) is 9.90 Å². The minimum atomic E-state index is -0.692. The number of carbonyl (C=O) groups is 1. The summed E-state index contributed by atoms with van der Waals surface area (Å²) >= 11 is 1.59. The molecule has 8 heteroatoms. The maximum absolute atomic E-state index is 13.0. The van der Waals surface area contributed by atoms with Crippen molar-refractivity contribution in [3.63, 3.8) is 0 Å². The molecule has 1 aromatic carbocycles. The van der Waals surface area contributed by atoms with Gasteiger partial charge < -0.3 is 20.5 Å². The predicted octanol–water partition coefficient (Wildman–Crippen LogP) is 2.32. The number of nitrogens with zero attached hydrogens (tertiary/aromatic N) is 2. The number of aromatic nitrogens is 2. The Kier molecular flexibility index (Phi) is 6.27. The minimum absolute atomic E-state index is 0.245. The van der Waals surface area contributed by atoms with Gasteiger partial charge in [0.2, 0.25) is 0 Å². The van der Waals surface area contributed by atoms with E-state index in [0.717, 1.165) is 41.9 Å². The van der Waals surface area contributed by atoms with Crippen molar-refractivity contribution in [3.8, 4) is 11.3 Å². The molecule has 2 unspecified atom stereocenters. The highest BCUT2D eigenvalue weighted by atomic mass is 32.1. The van der Waals surface area contributed by atoms with E-state index >= 15 is 0 Å². The van der Waals surface area contributed by atoms with Crippen molar-refractivity contribution in [3.05, 3.63) is 69.3 Å². The van der Waals surface area contributed by atoms with E-state index in [0.29, 0.717) is 25.3 Å². The van der Waals surface area contributed by atoms with E-state index in [4.69, 9.17) is 4.74 Å². The van der Waals surface area contributed by atoms with Gasteiger partial charge in [-0.2, -0.15) is 0 Å². The molecule has 0 radical (unpaired) electrons. The van der Waals surface area contributed by atoms with E-state index < -0.39 is 6.10 Å². The summed E-state index contributed by atoms with van der Waals surface area (Å²) in [6.45, 7) is 2.34. The molecule has 5 rings (SSSR count). The quantitative estimate of drug-likeness (QED) is 0.552. The van der Waals surface area contributed by atoms with E-state index in [1.807, 2.05) is 17.0 Å². The Bertz CT molecular complexity index is 1090. The Hall–Kier alpha value is -2.65. The lowest BCUT2D eigenvalue weighted by Gasteiger charge is -2.28. The number of pyridine rings is 1. The lowest BCUT2D eigenvalue weighted by Crippen LogP contribution is -2.49. The zero-order valence-corrected chi connectivity index (χ0v) is 18.5. The lowest BCUT2D eigenvalue weighted by atomic mass is 9.93. The number of nitrogens with one attached hydrogen (secondary N) is 2. The average molecular weight is 451 g/mol. The molecule has 2 aromatic heterocycles. The first-order valence-electron chi connectivity index (χ1n) is 10.9. The SMILES string of the molecule is O=C(NC1CCOCC1O)c1cc(Cc2ccc(-c3cscn3)cc2)c2c(n1)CNCC2. The molecule has 2 aliphatic rings. The number of aliphatic hydroxyl groups is 1. The molecule has 3 N–H and O–H groups in total. The number of aliphatic hydroxyl groups excluding tert-OH is 1. The maximum atomic E-state index is 13.0. The number of hydrogen-bond acceptors (Lipinski definition) is 7. The highest BCUT2D eigenvalue weighted by Gasteiger charge is 2.27. The first-order chi connectivity index (χ1) is 15.7. The van der Waals surface area contributed by atoms with Gasteiger partial charge in [0.05, 0.1) is 35.7 Å². The van der Waals surface area contributed by atoms with E-state index in [-0.39, 0.29) is 18.6 Å². The maximum Gasteiger partial charge on any atom is 0.270 e. The number of fused-ring (bicyclic) bond motifs is 1. The Morgan fingerprint density at radius 2 is 2.19 bits per heavy atom. The monoisotopic (exact) mass is 450 g/mol. The van der Waals surface area contributed by atoms with Gasteiger partial charge >= 0.3 is 0 Å². The lowest BCUT2D eigenvalue weighted by molar-refractivity contribution is -0.0261. The molecule has 4 heterocycles. The van der Waals surface area contributed by atoms with Crippen LogP contribution in [0.2, 0.25) is 0 Å². The van der Waals surface area contributed by atoms with Gasteiger partial charge in [0.1, 0.15) is 5.69 Å². The first kappa shape index (κ1) is 21.2. The van der Waals surface area contributed by atoms with Crippen LogP contribution >= 0.6 is 11.3 Å². The molecule has 7 nitrogen and oxygen atoms in total. The van der Waals surface area contributed by atoms with Crippen molar-refractivity contribution in [1.29, 1.82) is 0 Å². The molecule has 2 atom stereocenters. The highest BCUT2D eigenvalue weighted by Crippen LogP contribution is 2.24. The highest BCUT2D eigenvalue weighted by molar-refractivity contribution is 7.07. The van der Waals surface area contributed by atoms with Gasteiger partial charge in [-0.15, -0.1) is 11.3 Å². The fourth-order valence-corrected chi connectivity index (χ4v) is 4.89. The zero-order chi connectivity index (χ0) is 21.9. The molecule has 0 bridgehead atoms. The van der Waals surface area contributed by atoms with Crippen molar-refractivity contribution in [1.82, 2.24) is 20.6 Å². The second kappa shape index (κ2) is 9.46. The summed E-state index contributed by atoms with van der Waals surface area (Å²) in [4.78, 5) is 22.0. The van der Waals surface area contributed by atoms with Crippen molar-refractivity contribution < 1.29 is 14.6 Å². The summed E-state index contributed by atoms with van der Waals surface area (Å²) in [5, 5.41) is 18.5. The molecule has 1 saturated heterocycles. The largest absolute Gasteiger partial charge is 0.389 e. The number of amides is 1. The van der Waals surface area contributed by atoms with Crippen LogP contribution in [0.15, 0.2) is 41.2 Å². The molecule has 3 aromatic rings. The van der Waals surface area contributed by atoms with Gasteiger partial charge in [-0.3, -0.25) is 4.79 Å². The van der Waals surface area contributed by atoms with E-state index in [2.05, 4.69) is 44.9 Å². The third kappa shape index (κ3) is 4.59. The fraction of sp³-hybridized carbons (Fsp3) is 0.375. The molecular weight excluding hydrogens is 424 g/mol. The Labute approximate surface area is 190 Å². The third-order valence-electron chi connectivity index (χ3n) is 6.10. The number of benzene rings is 1. The molecule has 166 valence electrons. The second-order valence-electron chi connectivity index (χ2n) is 8.28. The number of thiazole rings is 1. The molecule has 1 amide bonds. The standard InChI is InChI=1S/C24H26N4O3S/c29-23-12-31-8-6-19(23)28-24(30)20-10-17(18-5-7-25-11-21(18)27-20)9-15-1-3-16(4-2-15)22-13-32-14-26-22/h1-4,10,13-14,19,23,25,29H,5-9,11-12H2,(H,28,30). The molecule has 1 fully saturated rings. The van der Waals surface area contributed by atoms with Crippen LogP contribution < -0.4 is 10.6 Å². The van der Waals surface area contributed by atoms with E-state index in [1.165, 1.54) is 11.1 Å². The van der Waals surface area contributed by atoms with Crippen LogP contribution in [-0.2, 0) is 24.1 Å². The van der Waals surface area contributed by atoms with Gasteiger partial charge in [-0.05, 0) is 48.6 Å². The summed E-state index contributed by atoms with van der Waals surface area (Å²) in [6.07, 6.45) is 1.54. The summed E-state index contributed by atoms with van der Waals surface area (Å²) in [5.41, 5.74) is 8.82. The summed E-state index contributed by atoms with van der Waals surface area (Å²) < 4.78 is 5.26. The van der Waals surface area contributed by atoms with Crippen molar-refractivity contribution in [2.75, 3.05) is 19.8 Å². The number of rotatable bonds is 5. The van der Waals surface area contributed by atoms with Crippen LogP contribution in [-0.4, -0.2) is 52.9 Å². The molecule has 0 spiro atoms. The molecule has 0 saturated carbocycles. The Morgan fingerprint density at radius 3 is 2.97 bits per heavy atom. The van der Waals surface area contributed by atoms with Gasteiger partial charge in [-0.1, -0.05) is 24.3 Å². The Balaban J connectivity index is 1.39. The topological polar surface area (TPSA) is 96.4 Å². The smallest absolute Gasteiger partial charge is 0.270 e. The van der Waals surface area contributed by atoms with Crippen molar-refractivity contribution >= 4 is 17.2 Å². The molecule has 0 aliphatic carbocycles. The van der Waals surface area contributed by atoms with Gasteiger partial charge in [-0.25, -0.2) is 9.97 Å². The molecular formula is C24H26N4O3S. The predicted molar refractivity (Wildman–Crippen MR) is 123 cm³/mol. The zero-order valence-electron chi connectivity index (χ0n) is 17.7. The van der Waals surface area contributed by atoms with Crippen LogP contribution in [0, 0.1) is 0 Å². The van der Waals surface area contributed by atoms with Crippen LogP contribution in [0.1, 0.15) is 39.3 Å². The summed E-state index contributed by atoms with van der Waals surface area (Å²) in [7, 11) is 0.